The van der Waals surface area contributed by atoms with Gasteiger partial charge < -0.3 is 5.73 Å². The van der Waals surface area contributed by atoms with Crippen molar-refractivity contribution in [1.82, 2.24) is 9.59 Å². The second-order valence-electron chi connectivity index (χ2n) is 3.26. The first kappa shape index (κ1) is 8.59. The Kier molecular flexibility index (Phi) is 2.24. The first-order chi connectivity index (χ1) is 6.25. The van der Waals surface area contributed by atoms with Crippen molar-refractivity contribution in [2.45, 2.75) is 19.4 Å². The maximum absolute atomic E-state index is 5.71. The van der Waals surface area contributed by atoms with E-state index in [1.807, 2.05) is 6.92 Å². The molecule has 2 rings (SSSR count). The number of benzene rings is 1. The minimum Gasteiger partial charge on any atom is -0.328 e. The van der Waals surface area contributed by atoms with Crippen molar-refractivity contribution < 1.29 is 0 Å². The Morgan fingerprint density at radius 2 is 2.38 bits per heavy atom. The minimum absolute atomic E-state index is 0.198. The first-order valence-corrected chi connectivity index (χ1v) is 4.99. The molecular weight excluding hydrogens is 182 g/mol. The molecule has 4 heteroatoms. The summed E-state index contributed by atoms with van der Waals surface area (Å²) in [6, 6.07) is 6.40. The fourth-order valence-electron chi connectivity index (χ4n) is 1.33. The van der Waals surface area contributed by atoms with Gasteiger partial charge >= 0.3 is 0 Å². The normalized spacial score (nSPS) is 13.4. The minimum atomic E-state index is 0.198. The molecule has 0 spiro atoms. The van der Waals surface area contributed by atoms with Gasteiger partial charge in [0.05, 0.1) is 4.70 Å². The van der Waals surface area contributed by atoms with Gasteiger partial charge in [-0.3, -0.25) is 0 Å². The van der Waals surface area contributed by atoms with E-state index < -0.39 is 0 Å². The molecule has 2 N–H and O–H groups in total. The predicted octanol–water partition coefficient (Wildman–Crippen LogP) is 1.58. The molecule has 0 aliphatic rings. The van der Waals surface area contributed by atoms with E-state index in [1.165, 1.54) is 17.1 Å². The number of rotatable bonds is 2. The van der Waals surface area contributed by atoms with Crippen molar-refractivity contribution in [2.75, 3.05) is 0 Å². The number of hydrogen-bond acceptors (Lipinski definition) is 4. The monoisotopic (exact) mass is 193 g/mol. The van der Waals surface area contributed by atoms with Crippen LogP contribution in [0.5, 0.6) is 0 Å². The van der Waals surface area contributed by atoms with Gasteiger partial charge in [-0.1, -0.05) is 10.6 Å². The van der Waals surface area contributed by atoms with Crippen LogP contribution in [-0.4, -0.2) is 15.6 Å². The molecule has 0 saturated carbocycles. The zero-order valence-corrected chi connectivity index (χ0v) is 8.21. The Labute approximate surface area is 80.7 Å². The van der Waals surface area contributed by atoms with E-state index in [0.717, 1.165) is 16.6 Å². The lowest BCUT2D eigenvalue weighted by molar-refractivity contribution is 0.738. The van der Waals surface area contributed by atoms with E-state index in [-0.39, 0.29) is 6.04 Å². The summed E-state index contributed by atoms with van der Waals surface area (Å²) in [5.41, 5.74) is 7.92. The summed E-state index contributed by atoms with van der Waals surface area (Å²) in [6.07, 6.45) is 0.896. The van der Waals surface area contributed by atoms with Crippen LogP contribution in [0.25, 0.3) is 10.2 Å². The molecule has 1 atom stereocenters. The second-order valence-corrected chi connectivity index (χ2v) is 4.04. The molecule has 1 heterocycles. The third kappa shape index (κ3) is 1.84. The van der Waals surface area contributed by atoms with Gasteiger partial charge in [-0.05, 0) is 42.6 Å². The van der Waals surface area contributed by atoms with Gasteiger partial charge in [0.25, 0.3) is 0 Å². The Hall–Kier alpha value is -1.00. The Morgan fingerprint density at radius 1 is 1.54 bits per heavy atom. The molecule has 2 aromatic rings. The fourth-order valence-corrected chi connectivity index (χ4v) is 1.86. The van der Waals surface area contributed by atoms with Crippen LogP contribution >= 0.6 is 11.5 Å². The van der Waals surface area contributed by atoms with Gasteiger partial charge in [0.2, 0.25) is 0 Å². The molecule has 0 aliphatic heterocycles. The van der Waals surface area contributed by atoms with Gasteiger partial charge in [-0.15, -0.1) is 5.10 Å². The van der Waals surface area contributed by atoms with Gasteiger partial charge in [0.1, 0.15) is 5.52 Å². The van der Waals surface area contributed by atoms with E-state index in [0.29, 0.717) is 0 Å². The van der Waals surface area contributed by atoms with Crippen molar-refractivity contribution in [2.24, 2.45) is 5.73 Å². The zero-order chi connectivity index (χ0) is 9.26. The quantitative estimate of drug-likeness (QED) is 0.787. The fraction of sp³-hybridized carbons (Fsp3) is 0.333. The van der Waals surface area contributed by atoms with E-state index in [9.17, 15) is 0 Å². The summed E-state index contributed by atoms with van der Waals surface area (Å²) in [5, 5.41) is 4.01. The Morgan fingerprint density at radius 3 is 3.15 bits per heavy atom. The van der Waals surface area contributed by atoms with E-state index in [4.69, 9.17) is 5.73 Å². The van der Waals surface area contributed by atoms with Crippen molar-refractivity contribution in [3.63, 3.8) is 0 Å². The summed E-state index contributed by atoms with van der Waals surface area (Å²) in [7, 11) is 0. The third-order valence-electron chi connectivity index (χ3n) is 1.87. The zero-order valence-electron chi connectivity index (χ0n) is 7.40. The lowest BCUT2D eigenvalue weighted by Crippen LogP contribution is -2.17. The number of aromatic nitrogens is 2. The lowest BCUT2D eigenvalue weighted by Gasteiger charge is -2.03. The largest absolute Gasteiger partial charge is 0.328 e. The molecule has 13 heavy (non-hydrogen) atoms. The van der Waals surface area contributed by atoms with E-state index in [1.54, 1.807) is 0 Å². The molecule has 0 bridgehead atoms. The van der Waals surface area contributed by atoms with Crippen LogP contribution in [0.3, 0.4) is 0 Å². The number of hydrogen-bond donors (Lipinski definition) is 1. The molecule has 0 radical (unpaired) electrons. The van der Waals surface area contributed by atoms with Crippen LogP contribution in [0.4, 0.5) is 0 Å². The Balaban J connectivity index is 2.37. The van der Waals surface area contributed by atoms with E-state index in [2.05, 4.69) is 27.8 Å². The molecule has 1 aromatic carbocycles. The van der Waals surface area contributed by atoms with E-state index >= 15 is 0 Å². The van der Waals surface area contributed by atoms with Crippen molar-refractivity contribution in [1.29, 1.82) is 0 Å². The average molecular weight is 193 g/mol. The molecule has 0 amide bonds. The molecule has 1 aromatic heterocycles. The van der Waals surface area contributed by atoms with Gasteiger partial charge in [-0.25, -0.2) is 0 Å². The smallest absolute Gasteiger partial charge is 0.106 e. The van der Waals surface area contributed by atoms with Crippen molar-refractivity contribution in [3.8, 4) is 0 Å². The van der Waals surface area contributed by atoms with Crippen LogP contribution in [-0.2, 0) is 6.42 Å². The number of nitrogens with two attached hydrogens (primary N) is 1. The molecule has 1 unspecified atom stereocenters. The standard InChI is InChI=1S/C9H11N3S/c1-6(10)4-7-2-3-9-8(5-7)11-12-13-9/h2-3,5-6H,4,10H2,1H3. The second kappa shape index (κ2) is 3.40. The van der Waals surface area contributed by atoms with Crippen LogP contribution in [0.1, 0.15) is 12.5 Å². The highest BCUT2D eigenvalue weighted by molar-refractivity contribution is 7.12. The highest BCUT2D eigenvalue weighted by Gasteiger charge is 2.01. The number of nitrogens with zero attached hydrogens (tertiary/aromatic N) is 2. The van der Waals surface area contributed by atoms with Crippen molar-refractivity contribution in [3.05, 3.63) is 23.8 Å². The molecular formula is C9H11N3S. The molecule has 0 saturated heterocycles. The maximum Gasteiger partial charge on any atom is 0.106 e. The topological polar surface area (TPSA) is 51.8 Å². The first-order valence-electron chi connectivity index (χ1n) is 4.22. The van der Waals surface area contributed by atoms with Gasteiger partial charge in [0.15, 0.2) is 0 Å². The summed E-state index contributed by atoms with van der Waals surface area (Å²) >= 11 is 1.42. The SMILES string of the molecule is CC(N)Cc1ccc2snnc2c1. The van der Waals surface area contributed by atoms with Crippen LogP contribution in [0.2, 0.25) is 0 Å². The van der Waals surface area contributed by atoms with Crippen LogP contribution < -0.4 is 5.73 Å². The number of fused-ring (bicyclic) bond motifs is 1. The lowest BCUT2D eigenvalue weighted by atomic mass is 10.1. The highest BCUT2D eigenvalue weighted by atomic mass is 32.1. The summed E-state index contributed by atoms with van der Waals surface area (Å²) in [6.45, 7) is 2.00. The average Bonchev–Trinajstić information content (AvgIpc) is 2.49. The third-order valence-corrected chi connectivity index (χ3v) is 2.57. The molecule has 0 fully saturated rings. The molecule has 3 nitrogen and oxygen atoms in total. The molecule has 68 valence electrons. The predicted molar refractivity (Wildman–Crippen MR) is 54.8 cm³/mol. The van der Waals surface area contributed by atoms with Crippen LogP contribution in [0.15, 0.2) is 18.2 Å². The van der Waals surface area contributed by atoms with Crippen LogP contribution in [0, 0.1) is 0 Å². The maximum atomic E-state index is 5.71. The Bertz CT molecular complexity index is 408. The van der Waals surface area contributed by atoms with Gasteiger partial charge in [-0.2, -0.15) is 0 Å². The van der Waals surface area contributed by atoms with Crippen molar-refractivity contribution >= 4 is 21.7 Å². The molecule has 0 aliphatic carbocycles. The highest BCUT2D eigenvalue weighted by Crippen LogP contribution is 2.17. The summed E-state index contributed by atoms with van der Waals surface area (Å²) in [5.74, 6) is 0. The summed E-state index contributed by atoms with van der Waals surface area (Å²) < 4.78 is 5.01. The summed E-state index contributed by atoms with van der Waals surface area (Å²) in [4.78, 5) is 0. The van der Waals surface area contributed by atoms with Gasteiger partial charge in [0, 0.05) is 6.04 Å².